The Labute approximate surface area is 1000 Å². The predicted molar refractivity (Wildman–Crippen MR) is 26.3 cm³/mol. The van der Waals surface area contributed by atoms with Gasteiger partial charge >= 0.3 is 0 Å². The van der Waals surface area contributed by atoms with E-state index in [4.69, 9.17) is 0 Å². The molecule has 125 valence electrons. The van der Waals surface area contributed by atoms with Crippen molar-refractivity contribution in [2.75, 3.05) is 0 Å². The van der Waals surface area contributed by atoms with Gasteiger partial charge in [-0.3, -0.25) is 0 Å². The first-order chi connectivity index (χ1) is 0. The molecule has 0 rings (SSSR count). The summed E-state index contributed by atoms with van der Waals surface area (Å²) in [6.07, 6.45) is 0. The summed E-state index contributed by atoms with van der Waals surface area (Å²) in [7, 11) is 0. The van der Waals surface area contributed by atoms with Crippen LogP contribution in [-0.4, -0.2) is 0 Å². The molecule has 0 saturated heterocycles. The van der Waals surface area contributed by atoms with Gasteiger partial charge in [-0.1, -0.05) is 14.9 Å². The van der Waals surface area contributed by atoms with Crippen molar-refractivity contribution in [2.24, 2.45) is 0 Å². The Hall–Kier alpha value is 34.2. The zero-order valence-electron chi connectivity index (χ0n) is 19.9. The van der Waals surface area contributed by atoms with Crippen LogP contribution in [0.4, 0.5) is 0 Å². The second-order valence-electron chi connectivity index (χ2n) is 0. The standard InChI is InChI=1S/2CH4.2CH3.31Y/h2*1H4;2*1H3;;;;;;;;;;;;;;;;;;;;;;;;;;;;;;;/q;;2*-1;;;;;;;;;;;;;;;;;;;;;;;;;;;;;;;. The fourth-order valence-corrected chi connectivity index (χ4v) is 0. The van der Waals surface area contributed by atoms with Crippen molar-refractivity contribution >= 4 is 0 Å². The molecule has 0 aliphatic rings. The third kappa shape index (κ3) is 255. The molecule has 35 heavy (non-hydrogen) atoms. The Bertz CT molecular complexity index is 17.9. The summed E-state index contributed by atoms with van der Waals surface area (Å²) in [5, 5.41) is 0. The van der Waals surface area contributed by atoms with Crippen LogP contribution in [0.1, 0.15) is 14.9 Å². The van der Waals surface area contributed by atoms with Gasteiger partial charge in [0, 0.05) is 1010 Å². The Morgan fingerprint density at radius 2 is 0.0857 bits per heavy atom. The fourth-order valence-electron chi connectivity index (χ4n) is 0. The molecule has 0 spiro atoms. The van der Waals surface area contributed by atoms with Crippen molar-refractivity contribution in [3.8, 4) is 0 Å². The van der Waals surface area contributed by atoms with E-state index in [0.717, 1.165) is 0 Å². The molecule has 0 aliphatic heterocycles. The van der Waals surface area contributed by atoms with E-state index in [-0.39, 0.29) is 1040 Å². The van der Waals surface area contributed by atoms with Gasteiger partial charge in [-0.15, -0.1) is 0 Å². The number of rotatable bonds is 0. The Kier molecular flexibility index (Phi) is 2070. The van der Waals surface area contributed by atoms with E-state index in [0.29, 0.717) is 0 Å². The van der Waals surface area contributed by atoms with Crippen molar-refractivity contribution in [2.45, 2.75) is 14.9 Å². The van der Waals surface area contributed by atoms with Crippen molar-refractivity contribution in [3.63, 3.8) is 0 Å². The predicted octanol–water partition coefficient (Wildman–Crippen LogP) is 2.10. The van der Waals surface area contributed by atoms with Crippen LogP contribution in [-0.2, 0) is 1010 Å². The summed E-state index contributed by atoms with van der Waals surface area (Å²) in [6, 6.07) is 0. The molecule has 0 aromatic rings. The summed E-state index contributed by atoms with van der Waals surface area (Å²) < 4.78 is 0. The fraction of sp³-hybridized carbons (Fsp3) is 0.500. The molecule has 0 atom stereocenters. The zero-order chi connectivity index (χ0) is 0. The van der Waals surface area contributed by atoms with Gasteiger partial charge in [0.05, 0.1) is 0 Å². The number of hydrogen-bond acceptors (Lipinski definition) is 0. The molecule has 0 saturated carbocycles. The average Bonchev–Trinajstić information content (AvgIpc) is 0. The van der Waals surface area contributed by atoms with Crippen LogP contribution in [0.3, 0.4) is 0 Å². The first-order valence-corrected chi connectivity index (χ1v) is 0. The van der Waals surface area contributed by atoms with E-state index in [9.17, 15) is 0 Å². The van der Waals surface area contributed by atoms with Crippen molar-refractivity contribution in [1.82, 2.24) is 0 Å². The number of hydrogen-bond donors (Lipinski definition) is 0. The SMILES string of the molecule is C.C.[CH3-].[CH3-].[Y].[Y].[Y].[Y].[Y].[Y].[Y].[Y].[Y].[Y].[Y].[Y].[Y].[Y].[Y].[Y].[Y].[Y].[Y].[Y].[Y].[Y].[Y].[Y].[Y].[Y].[Y].[Y].[Y].[Y].[Y]. The van der Waals surface area contributed by atoms with Gasteiger partial charge < -0.3 is 14.9 Å². The summed E-state index contributed by atoms with van der Waals surface area (Å²) in [5.74, 6) is 0. The summed E-state index contributed by atoms with van der Waals surface area (Å²) >= 11 is 0. The molecule has 0 unspecified atom stereocenters. The largest absolute Gasteiger partial charge is 0.358 e. The van der Waals surface area contributed by atoms with Gasteiger partial charge in [-0.05, 0) is 0 Å². The Morgan fingerprint density at radius 1 is 0.0857 bits per heavy atom. The van der Waals surface area contributed by atoms with Gasteiger partial charge in [-0.25, -0.2) is 0 Å². The molecule has 31 heteroatoms. The average molecular weight is 2820 g/mol. The van der Waals surface area contributed by atoms with Crippen molar-refractivity contribution < 1.29 is 1010 Å². The summed E-state index contributed by atoms with van der Waals surface area (Å²) in [6.45, 7) is 0. The third-order valence-electron chi connectivity index (χ3n) is 0. The van der Waals surface area contributed by atoms with Gasteiger partial charge in [-0.2, -0.15) is 0 Å². The van der Waals surface area contributed by atoms with Crippen LogP contribution in [0, 0.1) is 14.9 Å². The molecule has 0 amide bonds. The first-order valence-electron chi connectivity index (χ1n) is 0. The molecule has 0 fully saturated rings. The first kappa shape index (κ1) is 275. The second kappa shape index (κ2) is 263. The molecule has 31 radical (unpaired) electrons. The molecule has 0 aromatic carbocycles. The van der Waals surface area contributed by atoms with Gasteiger partial charge in [0.25, 0.3) is 0 Å². The van der Waals surface area contributed by atoms with Gasteiger partial charge in [0.15, 0.2) is 0 Å². The van der Waals surface area contributed by atoms with E-state index in [1.54, 1.807) is 0 Å². The van der Waals surface area contributed by atoms with Crippen LogP contribution in [0.2, 0.25) is 0 Å². The maximum Gasteiger partial charge on any atom is 0 e. The minimum atomic E-state index is 0. The van der Waals surface area contributed by atoms with Crippen molar-refractivity contribution in [3.05, 3.63) is 14.9 Å². The van der Waals surface area contributed by atoms with Crippen molar-refractivity contribution in [1.29, 1.82) is 0 Å². The normalized spacial score (nSPS) is 0. The molecular formula is C4H14Y31-2. The van der Waals surface area contributed by atoms with Crippen LogP contribution in [0.5, 0.6) is 0 Å². The molecule has 0 aliphatic carbocycles. The molecule has 0 N–H and O–H groups in total. The van der Waals surface area contributed by atoms with E-state index in [1.165, 1.54) is 0 Å². The Balaban J connectivity index is 0. The zero-order valence-corrected chi connectivity index (χ0v) is 108. The summed E-state index contributed by atoms with van der Waals surface area (Å²) in [5.41, 5.74) is 0. The minimum Gasteiger partial charge on any atom is -0.358 e. The van der Waals surface area contributed by atoms with E-state index in [1.807, 2.05) is 0 Å². The summed E-state index contributed by atoms with van der Waals surface area (Å²) in [4.78, 5) is 0. The van der Waals surface area contributed by atoms with Crippen LogP contribution in [0.25, 0.3) is 0 Å². The minimum absolute atomic E-state index is 0. The molecule has 0 bridgehead atoms. The smallest absolute Gasteiger partial charge is 0 e. The van der Waals surface area contributed by atoms with Crippen LogP contribution in [0.15, 0.2) is 0 Å². The van der Waals surface area contributed by atoms with Gasteiger partial charge in [0.2, 0.25) is 0 Å². The quantitative estimate of drug-likeness (QED) is 0.327. The van der Waals surface area contributed by atoms with Gasteiger partial charge in [0.1, 0.15) is 0 Å². The van der Waals surface area contributed by atoms with Crippen LogP contribution < -0.4 is 0 Å². The third-order valence-corrected chi connectivity index (χ3v) is 0. The molecule has 0 nitrogen and oxygen atoms in total. The topological polar surface area (TPSA) is 0 Å². The van der Waals surface area contributed by atoms with Crippen LogP contribution >= 0.6 is 0 Å². The molecule has 0 aromatic heterocycles. The monoisotopic (exact) mass is 2820 g/mol. The maximum absolute atomic E-state index is 0. The maximum atomic E-state index is 0. The van der Waals surface area contributed by atoms with E-state index < -0.39 is 0 Å². The second-order valence-corrected chi connectivity index (χ2v) is 0. The van der Waals surface area contributed by atoms with E-state index in [2.05, 4.69) is 0 Å². The molecular weight excluding hydrogens is 2800 g/mol. The Morgan fingerprint density at radius 3 is 0.0857 bits per heavy atom. The van der Waals surface area contributed by atoms with E-state index >= 15 is 0 Å². The molecule has 0 heterocycles.